The number of aromatic nitrogens is 2. The van der Waals surface area contributed by atoms with Crippen LogP contribution in [0.2, 0.25) is 0 Å². The molecule has 0 bridgehead atoms. The van der Waals surface area contributed by atoms with Gasteiger partial charge in [0.15, 0.2) is 5.84 Å². The number of benzene rings is 9. The quantitative estimate of drug-likeness (QED) is 0.188. The first-order valence-corrected chi connectivity index (χ1v) is 19.8. The van der Waals surface area contributed by atoms with Gasteiger partial charge in [-0.25, -0.2) is 9.98 Å². The second kappa shape index (κ2) is 12.9. The highest BCUT2D eigenvalue weighted by Crippen LogP contribution is 2.41. The molecule has 0 amide bonds. The molecular weight excluding hydrogens is 707 g/mol. The van der Waals surface area contributed by atoms with Crippen LogP contribution < -0.4 is 5.32 Å². The van der Waals surface area contributed by atoms with Crippen molar-refractivity contribution in [1.82, 2.24) is 14.5 Å². The van der Waals surface area contributed by atoms with Crippen LogP contribution in [-0.2, 0) is 0 Å². The molecule has 0 saturated carbocycles. The van der Waals surface area contributed by atoms with Gasteiger partial charge in [-0.1, -0.05) is 133 Å². The van der Waals surface area contributed by atoms with Crippen molar-refractivity contribution in [3.63, 3.8) is 0 Å². The van der Waals surface area contributed by atoms with Crippen molar-refractivity contribution in [3.05, 3.63) is 217 Å². The molecule has 1 unspecified atom stereocenters. The monoisotopic (exact) mass is 741 g/mol. The Bertz CT molecular complexity index is 3370. The zero-order valence-electron chi connectivity index (χ0n) is 31.4. The highest BCUT2D eigenvalue weighted by atomic mass is 15.2. The van der Waals surface area contributed by atoms with Crippen LogP contribution >= 0.6 is 0 Å². The highest BCUT2D eigenvalue weighted by molar-refractivity contribution is 6.28. The lowest BCUT2D eigenvalue weighted by atomic mass is 10.00. The molecule has 0 fully saturated rings. The average Bonchev–Trinajstić information content (AvgIpc) is 3.83. The number of aliphatic imine (C=N–C) groups is 2. The van der Waals surface area contributed by atoms with Crippen LogP contribution in [0.1, 0.15) is 22.9 Å². The van der Waals surface area contributed by atoms with Gasteiger partial charge in [0.2, 0.25) is 0 Å². The second-order valence-electron chi connectivity index (χ2n) is 15.0. The lowest BCUT2D eigenvalue weighted by Gasteiger charge is -2.24. The van der Waals surface area contributed by atoms with E-state index in [9.17, 15) is 0 Å². The number of fused-ring (bicyclic) bond motifs is 10. The fourth-order valence-corrected chi connectivity index (χ4v) is 9.09. The third-order valence-electron chi connectivity index (χ3n) is 11.7. The maximum atomic E-state index is 5.23. The van der Waals surface area contributed by atoms with Crippen molar-refractivity contribution in [2.75, 3.05) is 0 Å². The predicted octanol–water partition coefficient (Wildman–Crippen LogP) is 12.7. The lowest BCUT2D eigenvalue weighted by molar-refractivity contribution is 0.675. The van der Waals surface area contributed by atoms with Gasteiger partial charge in [0.25, 0.3) is 0 Å². The lowest BCUT2D eigenvalue weighted by Crippen LogP contribution is -2.33. The summed E-state index contributed by atoms with van der Waals surface area (Å²) in [5.74, 6) is 1.49. The fraction of sp³-hybridized carbons (Fsp3) is 0.0189. The molecule has 0 spiro atoms. The van der Waals surface area contributed by atoms with Crippen LogP contribution in [0.15, 0.2) is 210 Å². The molecule has 2 aromatic heterocycles. The Morgan fingerprint density at radius 2 is 0.931 bits per heavy atom. The van der Waals surface area contributed by atoms with Gasteiger partial charge in [0, 0.05) is 44.0 Å². The molecule has 0 saturated heterocycles. The van der Waals surface area contributed by atoms with E-state index < -0.39 is 0 Å². The number of nitrogens with one attached hydrogen (secondary N) is 1. The van der Waals surface area contributed by atoms with Crippen molar-refractivity contribution in [2.45, 2.75) is 6.17 Å². The Morgan fingerprint density at radius 3 is 1.62 bits per heavy atom. The summed E-state index contributed by atoms with van der Waals surface area (Å²) in [6.45, 7) is 0. The summed E-state index contributed by atoms with van der Waals surface area (Å²) in [5, 5.41) is 13.7. The van der Waals surface area contributed by atoms with E-state index in [1.807, 2.05) is 18.2 Å². The summed E-state index contributed by atoms with van der Waals surface area (Å²) in [6, 6.07) is 71.5. The van der Waals surface area contributed by atoms with Gasteiger partial charge in [0.1, 0.15) is 12.0 Å². The van der Waals surface area contributed by atoms with Gasteiger partial charge in [-0.15, -0.1) is 0 Å². The normalized spacial score (nSPS) is 14.4. The van der Waals surface area contributed by atoms with Gasteiger partial charge in [-0.2, -0.15) is 0 Å². The SMILES string of the molecule is c1ccc(C2=NC(c3ccc4c(c3)c3ccccc3n4-c3ccccc3)NC(c3ccc(-n4c5ccc6ccccc6c5c5c6ccccc6ccc54)cc3)=N2)cc1. The van der Waals surface area contributed by atoms with E-state index in [-0.39, 0.29) is 6.17 Å². The molecule has 5 heteroatoms. The Hall–Kier alpha value is -7.76. The van der Waals surface area contributed by atoms with Crippen molar-refractivity contribution in [1.29, 1.82) is 0 Å². The number of nitrogens with zero attached hydrogens (tertiary/aromatic N) is 4. The first kappa shape index (κ1) is 32.5. The predicted molar refractivity (Wildman–Crippen MR) is 242 cm³/mol. The van der Waals surface area contributed by atoms with Crippen LogP contribution in [0.5, 0.6) is 0 Å². The minimum atomic E-state index is -0.343. The zero-order valence-corrected chi connectivity index (χ0v) is 31.4. The van der Waals surface area contributed by atoms with Crippen LogP contribution in [0.3, 0.4) is 0 Å². The van der Waals surface area contributed by atoms with Crippen LogP contribution in [0.25, 0.3) is 76.5 Å². The number of amidine groups is 2. The molecular formula is C53H35N5. The maximum Gasteiger partial charge on any atom is 0.159 e. The van der Waals surface area contributed by atoms with Crippen molar-refractivity contribution in [2.24, 2.45) is 9.98 Å². The Labute approximate surface area is 334 Å². The van der Waals surface area contributed by atoms with Gasteiger partial charge >= 0.3 is 0 Å². The molecule has 3 heterocycles. The molecule has 1 atom stereocenters. The van der Waals surface area contributed by atoms with Gasteiger partial charge in [-0.05, 0) is 93.8 Å². The van der Waals surface area contributed by atoms with E-state index in [0.717, 1.165) is 39.4 Å². The molecule has 58 heavy (non-hydrogen) atoms. The summed E-state index contributed by atoms with van der Waals surface area (Å²) < 4.78 is 4.75. The number of para-hydroxylation sites is 2. The largest absolute Gasteiger partial charge is 0.344 e. The summed E-state index contributed by atoms with van der Waals surface area (Å²) in [4.78, 5) is 10.4. The van der Waals surface area contributed by atoms with E-state index in [1.54, 1.807) is 0 Å². The van der Waals surface area contributed by atoms with Gasteiger partial charge < -0.3 is 14.5 Å². The molecule has 12 rings (SSSR count). The van der Waals surface area contributed by atoms with E-state index >= 15 is 0 Å². The first-order chi connectivity index (χ1) is 28.8. The third-order valence-corrected chi connectivity index (χ3v) is 11.7. The summed E-state index contributed by atoms with van der Waals surface area (Å²) >= 11 is 0. The molecule has 1 aliphatic rings. The summed E-state index contributed by atoms with van der Waals surface area (Å²) in [5.41, 5.74) is 10.0. The Kier molecular flexibility index (Phi) is 7.23. The van der Waals surface area contributed by atoms with E-state index in [0.29, 0.717) is 5.84 Å². The van der Waals surface area contributed by atoms with E-state index in [2.05, 4.69) is 196 Å². The molecule has 1 aliphatic heterocycles. The van der Waals surface area contributed by atoms with Crippen LogP contribution in [0, 0.1) is 0 Å². The number of hydrogen-bond acceptors (Lipinski definition) is 3. The van der Waals surface area contributed by atoms with Crippen LogP contribution in [-0.4, -0.2) is 20.8 Å². The number of hydrogen-bond donors (Lipinski definition) is 1. The Balaban J connectivity index is 0.980. The smallest absolute Gasteiger partial charge is 0.159 e. The van der Waals surface area contributed by atoms with Crippen LogP contribution in [0.4, 0.5) is 0 Å². The number of rotatable bonds is 5. The van der Waals surface area contributed by atoms with E-state index in [4.69, 9.17) is 9.98 Å². The standard InChI is InChI=1S/C53H35N5/c1-3-15-36(16-4-1)51-54-52(56-53(55-51)38-27-30-46-44(33-38)43-21-11-12-22-45(43)57(46)39-17-5-2-6-18-39)37-23-28-40(29-24-37)58-47-31-25-34-13-7-9-19-41(34)49(47)50-42-20-10-8-14-35(42)26-32-48(50)58/h1-33,53H,(H,54,55,56). The summed E-state index contributed by atoms with van der Waals surface area (Å²) in [6.07, 6.45) is -0.343. The molecule has 0 aliphatic carbocycles. The molecule has 11 aromatic rings. The van der Waals surface area contributed by atoms with Crippen molar-refractivity contribution in [3.8, 4) is 11.4 Å². The van der Waals surface area contributed by atoms with Crippen molar-refractivity contribution >= 4 is 76.8 Å². The maximum absolute atomic E-state index is 5.23. The Morgan fingerprint density at radius 1 is 0.397 bits per heavy atom. The zero-order chi connectivity index (χ0) is 38.2. The highest BCUT2D eigenvalue weighted by Gasteiger charge is 2.23. The molecule has 272 valence electrons. The van der Waals surface area contributed by atoms with Crippen molar-refractivity contribution < 1.29 is 0 Å². The summed E-state index contributed by atoms with van der Waals surface area (Å²) in [7, 11) is 0. The fourth-order valence-electron chi connectivity index (χ4n) is 9.09. The molecule has 9 aromatic carbocycles. The average molecular weight is 742 g/mol. The molecule has 0 radical (unpaired) electrons. The van der Waals surface area contributed by atoms with Gasteiger partial charge in [-0.3, -0.25) is 0 Å². The third kappa shape index (κ3) is 5.03. The second-order valence-corrected chi connectivity index (χ2v) is 15.0. The topological polar surface area (TPSA) is 46.6 Å². The first-order valence-electron chi connectivity index (χ1n) is 19.8. The minimum Gasteiger partial charge on any atom is -0.344 e. The molecule has 1 N–H and O–H groups in total. The minimum absolute atomic E-state index is 0.343. The van der Waals surface area contributed by atoms with E-state index in [1.165, 1.54) is 59.6 Å². The van der Waals surface area contributed by atoms with Gasteiger partial charge in [0.05, 0.1) is 22.1 Å². The molecule has 5 nitrogen and oxygen atoms in total.